The summed E-state index contributed by atoms with van der Waals surface area (Å²) in [6, 6.07) is 4.75. The average molecular weight is 419 g/mol. The number of carbonyl (C=O) groups is 1. The lowest BCUT2D eigenvalue weighted by atomic mass is 10.0. The Morgan fingerprint density at radius 2 is 1.86 bits per heavy atom. The molecule has 0 radical (unpaired) electrons. The van der Waals surface area contributed by atoms with Crippen molar-refractivity contribution in [1.82, 2.24) is 14.9 Å². The van der Waals surface area contributed by atoms with Gasteiger partial charge in [0.05, 0.1) is 0 Å². The van der Waals surface area contributed by atoms with Crippen LogP contribution in [0, 0.1) is 5.82 Å². The van der Waals surface area contributed by atoms with Gasteiger partial charge in [0.15, 0.2) is 0 Å². The maximum Gasteiger partial charge on any atom is 0.219 e. The number of halogens is 2. The van der Waals surface area contributed by atoms with E-state index in [4.69, 9.17) is 21.6 Å². The van der Waals surface area contributed by atoms with E-state index in [0.29, 0.717) is 43.2 Å². The normalized spacial score (nSPS) is 14.6. The lowest BCUT2D eigenvalue weighted by molar-refractivity contribution is -0.129. The number of benzene rings is 1. The molecule has 3 rings (SSSR count). The van der Waals surface area contributed by atoms with E-state index in [2.05, 4.69) is 25.7 Å². The largest absolute Gasteiger partial charge is 0.353 e. The third-order valence-corrected chi connectivity index (χ3v) is 5.73. The second kappa shape index (κ2) is 9.08. The van der Waals surface area contributed by atoms with Crippen LogP contribution in [0.1, 0.15) is 56.3 Å². The van der Waals surface area contributed by atoms with Crippen LogP contribution in [0.5, 0.6) is 0 Å². The molecule has 1 amide bonds. The first-order chi connectivity index (χ1) is 13.8. The van der Waals surface area contributed by atoms with E-state index >= 15 is 0 Å². The average Bonchev–Trinajstić information content (AvgIpc) is 2.70. The molecule has 2 heterocycles. The molecule has 0 saturated carbocycles. The molecular formula is C22H28ClFN4O. The molecule has 1 saturated heterocycles. The summed E-state index contributed by atoms with van der Waals surface area (Å²) in [5, 5.41) is 0.410. The minimum absolute atomic E-state index is 0.0859. The molecule has 2 aromatic rings. The first kappa shape index (κ1) is 21.5. The Hall–Kier alpha value is -2.21. The standard InChI is InChI=1S/C22H28ClFN4O/c1-5-20-17(13-16-18(23)7-6-8-19(16)24)22(26-21(25-20)14(2)3)28-11-9-27(10-12-28)15(4)29/h6-8,14H,5,9-13H2,1-4H3. The number of hydrogen-bond acceptors (Lipinski definition) is 4. The third-order valence-electron chi connectivity index (χ3n) is 5.38. The van der Waals surface area contributed by atoms with Gasteiger partial charge in [-0.2, -0.15) is 0 Å². The van der Waals surface area contributed by atoms with Crippen LogP contribution in [-0.2, 0) is 17.6 Å². The Kier molecular flexibility index (Phi) is 6.73. The van der Waals surface area contributed by atoms with Crippen molar-refractivity contribution in [3.8, 4) is 0 Å². The van der Waals surface area contributed by atoms with Gasteiger partial charge >= 0.3 is 0 Å². The van der Waals surface area contributed by atoms with Crippen molar-refractivity contribution in [2.45, 2.75) is 46.5 Å². The van der Waals surface area contributed by atoms with Crippen LogP contribution in [0.2, 0.25) is 5.02 Å². The summed E-state index contributed by atoms with van der Waals surface area (Å²) in [5.41, 5.74) is 2.31. The first-order valence-corrected chi connectivity index (χ1v) is 10.5. The van der Waals surface area contributed by atoms with E-state index in [1.165, 1.54) is 6.07 Å². The summed E-state index contributed by atoms with van der Waals surface area (Å²) in [6.45, 7) is 10.5. The number of piperazine rings is 1. The van der Waals surface area contributed by atoms with Gasteiger partial charge in [0.1, 0.15) is 17.5 Å². The molecule has 0 aliphatic carbocycles. The van der Waals surface area contributed by atoms with Gasteiger partial charge in [-0.15, -0.1) is 0 Å². The molecule has 5 nitrogen and oxygen atoms in total. The summed E-state index contributed by atoms with van der Waals surface area (Å²) >= 11 is 6.31. The molecule has 156 valence electrons. The van der Waals surface area contributed by atoms with Crippen LogP contribution in [0.15, 0.2) is 18.2 Å². The highest BCUT2D eigenvalue weighted by Gasteiger charge is 2.25. The highest BCUT2D eigenvalue weighted by molar-refractivity contribution is 6.31. The molecule has 1 aliphatic heterocycles. The van der Waals surface area contributed by atoms with Gasteiger partial charge in [-0.25, -0.2) is 14.4 Å². The van der Waals surface area contributed by atoms with E-state index in [9.17, 15) is 9.18 Å². The number of rotatable bonds is 5. The van der Waals surface area contributed by atoms with Crippen molar-refractivity contribution in [3.05, 3.63) is 51.7 Å². The number of aromatic nitrogens is 2. The van der Waals surface area contributed by atoms with Gasteiger partial charge in [-0.3, -0.25) is 4.79 Å². The number of hydrogen-bond donors (Lipinski definition) is 0. The summed E-state index contributed by atoms with van der Waals surface area (Å²) in [6.07, 6.45) is 1.07. The van der Waals surface area contributed by atoms with E-state index in [0.717, 1.165) is 29.3 Å². The first-order valence-electron chi connectivity index (χ1n) is 10.1. The second-order valence-electron chi connectivity index (χ2n) is 7.71. The SMILES string of the molecule is CCc1nc(C(C)C)nc(N2CCN(C(C)=O)CC2)c1Cc1c(F)cccc1Cl. The quantitative estimate of drug-likeness (QED) is 0.729. The van der Waals surface area contributed by atoms with Crippen LogP contribution in [0.3, 0.4) is 0 Å². The second-order valence-corrected chi connectivity index (χ2v) is 8.12. The molecule has 0 atom stereocenters. The van der Waals surface area contributed by atoms with E-state index in [1.54, 1.807) is 19.1 Å². The molecule has 0 N–H and O–H groups in total. The highest BCUT2D eigenvalue weighted by atomic mass is 35.5. The Balaban J connectivity index is 2.05. The minimum atomic E-state index is -0.320. The van der Waals surface area contributed by atoms with Crippen LogP contribution >= 0.6 is 11.6 Å². The minimum Gasteiger partial charge on any atom is -0.353 e. The summed E-state index contributed by atoms with van der Waals surface area (Å²) < 4.78 is 14.5. The van der Waals surface area contributed by atoms with Gasteiger partial charge in [0.2, 0.25) is 5.91 Å². The molecule has 1 aromatic carbocycles. The van der Waals surface area contributed by atoms with Crippen molar-refractivity contribution < 1.29 is 9.18 Å². The van der Waals surface area contributed by atoms with Gasteiger partial charge in [-0.1, -0.05) is 38.4 Å². The molecule has 0 spiro atoms. The zero-order valence-electron chi connectivity index (χ0n) is 17.5. The van der Waals surface area contributed by atoms with E-state index in [-0.39, 0.29) is 17.6 Å². The number of anilines is 1. The summed E-state index contributed by atoms with van der Waals surface area (Å²) in [5.74, 6) is 1.57. The molecule has 1 fully saturated rings. The molecule has 0 bridgehead atoms. The van der Waals surface area contributed by atoms with Crippen LogP contribution in [0.4, 0.5) is 10.2 Å². The predicted molar refractivity (Wildman–Crippen MR) is 114 cm³/mol. The van der Waals surface area contributed by atoms with Gasteiger partial charge in [0.25, 0.3) is 0 Å². The van der Waals surface area contributed by atoms with Crippen molar-refractivity contribution in [2.24, 2.45) is 0 Å². The van der Waals surface area contributed by atoms with E-state index < -0.39 is 0 Å². The van der Waals surface area contributed by atoms with Crippen molar-refractivity contribution in [2.75, 3.05) is 31.1 Å². The molecule has 0 unspecified atom stereocenters. The lowest BCUT2D eigenvalue weighted by Crippen LogP contribution is -2.48. The number of carbonyl (C=O) groups excluding carboxylic acids is 1. The fourth-order valence-electron chi connectivity index (χ4n) is 3.64. The molecular weight excluding hydrogens is 391 g/mol. The van der Waals surface area contributed by atoms with Crippen LogP contribution in [-0.4, -0.2) is 47.0 Å². The number of amides is 1. The van der Waals surface area contributed by atoms with Gasteiger partial charge in [0, 0.05) is 67.3 Å². The third kappa shape index (κ3) is 4.69. The van der Waals surface area contributed by atoms with Crippen molar-refractivity contribution in [3.63, 3.8) is 0 Å². The smallest absolute Gasteiger partial charge is 0.219 e. The Bertz CT molecular complexity index is 874. The van der Waals surface area contributed by atoms with Crippen LogP contribution < -0.4 is 4.90 Å². The topological polar surface area (TPSA) is 49.3 Å². The fourth-order valence-corrected chi connectivity index (χ4v) is 3.87. The number of nitrogens with zero attached hydrogens (tertiary/aromatic N) is 4. The Morgan fingerprint density at radius 1 is 1.17 bits per heavy atom. The molecule has 29 heavy (non-hydrogen) atoms. The lowest BCUT2D eigenvalue weighted by Gasteiger charge is -2.36. The molecule has 1 aromatic heterocycles. The maximum absolute atomic E-state index is 14.5. The molecule has 1 aliphatic rings. The van der Waals surface area contributed by atoms with Gasteiger partial charge < -0.3 is 9.80 Å². The summed E-state index contributed by atoms with van der Waals surface area (Å²) in [7, 11) is 0. The molecule has 7 heteroatoms. The zero-order chi connectivity index (χ0) is 21.1. The highest BCUT2D eigenvalue weighted by Crippen LogP contribution is 2.30. The predicted octanol–water partition coefficient (Wildman–Crippen LogP) is 4.21. The van der Waals surface area contributed by atoms with Crippen molar-refractivity contribution >= 4 is 23.3 Å². The summed E-state index contributed by atoms with van der Waals surface area (Å²) in [4.78, 5) is 25.4. The fraction of sp³-hybridized carbons (Fsp3) is 0.500. The number of aryl methyl sites for hydroxylation is 1. The van der Waals surface area contributed by atoms with Crippen LogP contribution in [0.25, 0.3) is 0 Å². The van der Waals surface area contributed by atoms with E-state index in [1.807, 2.05) is 4.90 Å². The van der Waals surface area contributed by atoms with Gasteiger partial charge in [-0.05, 0) is 18.6 Å². The Labute approximate surface area is 176 Å². The Morgan fingerprint density at radius 3 is 2.41 bits per heavy atom. The van der Waals surface area contributed by atoms with Crippen molar-refractivity contribution in [1.29, 1.82) is 0 Å². The monoisotopic (exact) mass is 418 g/mol. The zero-order valence-corrected chi connectivity index (χ0v) is 18.3. The maximum atomic E-state index is 14.5.